The van der Waals surface area contributed by atoms with Crippen molar-refractivity contribution in [2.75, 3.05) is 21.3 Å². The fourth-order valence-electron chi connectivity index (χ4n) is 4.53. The van der Waals surface area contributed by atoms with E-state index in [1.54, 1.807) is 38.2 Å². The molecule has 1 fully saturated rings. The lowest BCUT2D eigenvalue weighted by Gasteiger charge is -2.47. The second-order valence-electron chi connectivity index (χ2n) is 9.07. The van der Waals surface area contributed by atoms with Gasteiger partial charge in [-0.2, -0.15) is 0 Å². The van der Waals surface area contributed by atoms with Crippen molar-refractivity contribution in [3.8, 4) is 11.5 Å². The number of hydrogen-bond acceptors (Lipinski definition) is 6. The molecule has 2 aromatic rings. The Labute approximate surface area is 206 Å². The summed E-state index contributed by atoms with van der Waals surface area (Å²) in [6.45, 7) is 5.92. The standard InChI is InChI=1S/C27H34N2O6/c1-17(2)23-25(30)29(16-20-9-13-22(34-5)14-10-20)24(18(3)27(32)35-6)26(31)28(23)15-19-7-11-21(33-4)12-8-19/h7-14,17-18,23-24H,15-16H2,1-6H3/t18-,23+,24-/m1/s1. The maximum Gasteiger partial charge on any atom is 0.311 e. The number of amides is 2. The zero-order valence-corrected chi connectivity index (χ0v) is 21.2. The Balaban J connectivity index is 2.00. The number of esters is 1. The fourth-order valence-corrected chi connectivity index (χ4v) is 4.53. The lowest BCUT2D eigenvalue weighted by atomic mass is 9.89. The summed E-state index contributed by atoms with van der Waals surface area (Å²) in [6, 6.07) is 13.1. The van der Waals surface area contributed by atoms with Gasteiger partial charge in [-0.05, 0) is 48.2 Å². The molecule has 1 heterocycles. The highest BCUT2D eigenvalue weighted by atomic mass is 16.5. The predicted octanol–water partition coefficient (Wildman–Crippen LogP) is 3.28. The maximum absolute atomic E-state index is 14.0. The van der Waals surface area contributed by atoms with Crippen molar-refractivity contribution in [2.24, 2.45) is 11.8 Å². The number of carbonyl (C=O) groups is 3. The van der Waals surface area contributed by atoms with Crippen LogP contribution in [-0.4, -0.2) is 61.0 Å². The Kier molecular flexibility index (Phi) is 8.38. The van der Waals surface area contributed by atoms with Gasteiger partial charge in [-0.1, -0.05) is 38.1 Å². The van der Waals surface area contributed by atoms with Gasteiger partial charge in [-0.15, -0.1) is 0 Å². The number of piperazine rings is 1. The molecule has 0 saturated carbocycles. The Morgan fingerprint density at radius 2 is 1.14 bits per heavy atom. The number of benzene rings is 2. The van der Waals surface area contributed by atoms with Gasteiger partial charge in [-0.3, -0.25) is 14.4 Å². The van der Waals surface area contributed by atoms with E-state index in [2.05, 4.69) is 0 Å². The van der Waals surface area contributed by atoms with Crippen LogP contribution in [0.15, 0.2) is 48.5 Å². The van der Waals surface area contributed by atoms with Crippen LogP contribution < -0.4 is 9.47 Å². The van der Waals surface area contributed by atoms with Gasteiger partial charge in [0.1, 0.15) is 23.6 Å². The van der Waals surface area contributed by atoms with Crippen LogP contribution in [0, 0.1) is 11.8 Å². The zero-order chi connectivity index (χ0) is 25.7. The number of hydrogen-bond donors (Lipinski definition) is 0. The molecule has 35 heavy (non-hydrogen) atoms. The Hall–Kier alpha value is -3.55. The van der Waals surface area contributed by atoms with Crippen LogP contribution >= 0.6 is 0 Å². The lowest BCUT2D eigenvalue weighted by Crippen LogP contribution is -2.67. The Morgan fingerprint density at radius 3 is 1.51 bits per heavy atom. The molecule has 0 bridgehead atoms. The molecule has 8 heteroatoms. The smallest absolute Gasteiger partial charge is 0.311 e. The van der Waals surface area contributed by atoms with E-state index in [0.717, 1.165) is 11.1 Å². The van der Waals surface area contributed by atoms with Crippen LogP contribution in [-0.2, 0) is 32.2 Å². The zero-order valence-electron chi connectivity index (χ0n) is 21.2. The minimum absolute atomic E-state index is 0.127. The van der Waals surface area contributed by atoms with E-state index >= 15 is 0 Å². The van der Waals surface area contributed by atoms with Crippen molar-refractivity contribution in [1.29, 1.82) is 0 Å². The molecule has 1 saturated heterocycles. The van der Waals surface area contributed by atoms with E-state index < -0.39 is 24.0 Å². The van der Waals surface area contributed by atoms with E-state index in [9.17, 15) is 14.4 Å². The van der Waals surface area contributed by atoms with Crippen LogP contribution in [0.25, 0.3) is 0 Å². The van der Waals surface area contributed by atoms with Crippen molar-refractivity contribution < 1.29 is 28.6 Å². The first-order valence-electron chi connectivity index (χ1n) is 11.7. The number of carbonyl (C=O) groups excluding carboxylic acids is 3. The number of methoxy groups -OCH3 is 3. The number of ether oxygens (including phenoxy) is 3. The summed E-state index contributed by atoms with van der Waals surface area (Å²) in [5.74, 6) is -0.560. The van der Waals surface area contributed by atoms with Crippen molar-refractivity contribution in [2.45, 2.75) is 45.9 Å². The molecule has 1 aliphatic heterocycles. The molecular formula is C27H34N2O6. The van der Waals surface area contributed by atoms with Gasteiger partial charge in [0, 0.05) is 13.1 Å². The molecule has 0 aliphatic carbocycles. The van der Waals surface area contributed by atoms with Crippen LogP contribution in [0.5, 0.6) is 11.5 Å². The molecule has 0 spiro atoms. The van der Waals surface area contributed by atoms with E-state index in [-0.39, 0.29) is 30.8 Å². The third-order valence-electron chi connectivity index (χ3n) is 6.45. The van der Waals surface area contributed by atoms with Crippen LogP contribution in [0.4, 0.5) is 0 Å². The third-order valence-corrected chi connectivity index (χ3v) is 6.45. The monoisotopic (exact) mass is 482 g/mol. The van der Waals surface area contributed by atoms with Crippen LogP contribution in [0.2, 0.25) is 0 Å². The molecule has 0 unspecified atom stereocenters. The molecular weight excluding hydrogens is 448 g/mol. The Morgan fingerprint density at radius 1 is 0.743 bits per heavy atom. The quantitative estimate of drug-likeness (QED) is 0.510. The van der Waals surface area contributed by atoms with Crippen molar-refractivity contribution in [3.63, 3.8) is 0 Å². The first-order chi connectivity index (χ1) is 16.7. The molecule has 3 atom stereocenters. The summed E-state index contributed by atoms with van der Waals surface area (Å²) in [6.07, 6.45) is 0. The number of rotatable bonds is 9. The van der Waals surface area contributed by atoms with E-state index in [1.165, 1.54) is 12.0 Å². The Bertz CT molecular complexity index is 1030. The second-order valence-corrected chi connectivity index (χ2v) is 9.07. The molecule has 2 aromatic carbocycles. The summed E-state index contributed by atoms with van der Waals surface area (Å²) in [5.41, 5.74) is 1.70. The first-order valence-corrected chi connectivity index (χ1v) is 11.7. The van der Waals surface area contributed by atoms with Crippen LogP contribution in [0.3, 0.4) is 0 Å². The van der Waals surface area contributed by atoms with E-state index in [0.29, 0.717) is 11.5 Å². The van der Waals surface area contributed by atoms with Gasteiger partial charge < -0.3 is 24.0 Å². The minimum atomic E-state index is -0.981. The largest absolute Gasteiger partial charge is 0.497 e. The normalized spacial score (nSPS) is 19.1. The van der Waals surface area contributed by atoms with E-state index in [4.69, 9.17) is 14.2 Å². The maximum atomic E-state index is 14.0. The van der Waals surface area contributed by atoms with Gasteiger partial charge in [0.2, 0.25) is 11.8 Å². The van der Waals surface area contributed by atoms with Gasteiger partial charge in [0.15, 0.2) is 0 Å². The van der Waals surface area contributed by atoms with Gasteiger partial charge in [0.25, 0.3) is 0 Å². The molecule has 188 valence electrons. The van der Waals surface area contributed by atoms with Gasteiger partial charge in [-0.25, -0.2) is 0 Å². The summed E-state index contributed by atoms with van der Waals surface area (Å²) >= 11 is 0. The minimum Gasteiger partial charge on any atom is -0.497 e. The SMILES string of the molecule is COC(=O)[C@H](C)[C@@H]1C(=O)N(Cc2ccc(OC)cc2)[C@@H](C(C)C)C(=O)N1Cc1ccc(OC)cc1. The number of nitrogens with zero attached hydrogens (tertiary/aromatic N) is 2. The van der Waals surface area contributed by atoms with Gasteiger partial charge >= 0.3 is 5.97 Å². The molecule has 1 aliphatic rings. The molecule has 0 radical (unpaired) electrons. The highest BCUT2D eigenvalue weighted by Gasteiger charge is 2.50. The van der Waals surface area contributed by atoms with E-state index in [1.807, 2.05) is 50.2 Å². The second kappa shape index (κ2) is 11.3. The summed E-state index contributed by atoms with van der Waals surface area (Å²) in [7, 11) is 4.46. The van der Waals surface area contributed by atoms with Crippen molar-refractivity contribution in [1.82, 2.24) is 9.80 Å². The molecule has 0 N–H and O–H groups in total. The molecule has 2 amide bonds. The summed E-state index contributed by atoms with van der Waals surface area (Å²) < 4.78 is 15.4. The third kappa shape index (κ3) is 5.58. The molecule has 8 nitrogen and oxygen atoms in total. The molecule has 0 aromatic heterocycles. The van der Waals surface area contributed by atoms with Gasteiger partial charge in [0.05, 0.1) is 27.2 Å². The van der Waals surface area contributed by atoms with Crippen LogP contribution in [0.1, 0.15) is 31.9 Å². The summed E-state index contributed by atoms with van der Waals surface area (Å²) in [5, 5.41) is 0. The average molecular weight is 483 g/mol. The lowest BCUT2D eigenvalue weighted by molar-refractivity contribution is -0.171. The average Bonchev–Trinajstić information content (AvgIpc) is 2.86. The topological polar surface area (TPSA) is 85.4 Å². The highest BCUT2D eigenvalue weighted by molar-refractivity contribution is 5.99. The first kappa shape index (κ1) is 26.1. The van der Waals surface area contributed by atoms with Crippen molar-refractivity contribution >= 4 is 17.8 Å². The predicted molar refractivity (Wildman–Crippen MR) is 131 cm³/mol. The molecule has 3 rings (SSSR count). The van der Waals surface area contributed by atoms with Crippen molar-refractivity contribution in [3.05, 3.63) is 59.7 Å². The highest BCUT2D eigenvalue weighted by Crippen LogP contribution is 2.31. The summed E-state index contributed by atoms with van der Waals surface area (Å²) in [4.78, 5) is 43.5. The fraction of sp³-hybridized carbons (Fsp3) is 0.444.